The monoisotopic (exact) mass is 413 g/mol. The van der Waals surface area contributed by atoms with E-state index in [0.29, 0.717) is 28.8 Å². The molecule has 0 bridgehead atoms. The Labute approximate surface area is 169 Å². The Kier molecular flexibility index (Phi) is 5.93. The van der Waals surface area contributed by atoms with Crippen molar-refractivity contribution in [2.45, 2.75) is 0 Å². The normalized spacial score (nSPS) is 14.9. The van der Waals surface area contributed by atoms with Gasteiger partial charge < -0.3 is 10.1 Å². The van der Waals surface area contributed by atoms with Crippen molar-refractivity contribution in [2.24, 2.45) is 0 Å². The molecule has 10 heteroatoms. The van der Waals surface area contributed by atoms with Gasteiger partial charge in [-0.05, 0) is 59.8 Å². The number of rotatable bonds is 6. The summed E-state index contributed by atoms with van der Waals surface area (Å²) in [6.07, 6.45) is 1.45. The van der Waals surface area contributed by atoms with Crippen LogP contribution < -0.4 is 10.1 Å². The van der Waals surface area contributed by atoms with Crippen molar-refractivity contribution in [1.29, 1.82) is 0 Å². The van der Waals surface area contributed by atoms with E-state index in [9.17, 15) is 24.5 Å². The quantitative estimate of drug-likeness (QED) is 0.438. The second kappa shape index (κ2) is 8.57. The molecule has 1 aliphatic rings. The largest absolute Gasteiger partial charge is 0.497 e. The van der Waals surface area contributed by atoms with Gasteiger partial charge >= 0.3 is 0 Å². The lowest BCUT2D eigenvalue weighted by molar-refractivity contribution is -0.384. The van der Waals surface area contributed by atoms with Gasteiger partial charge in [0.25, 0.3) is 16.8 Å². The molecule has 9 nitrogen and oxygen atoms in total. The number of thioether (sulfide) groups is 1. The van der Waals surface area contributed by atoms with Crippen molar-refractivity contribution in [3.8, 4) is 5.75 Å². The Morgan fingerprint density at radius 1 is 1.17 bits per heavy atom. The molecule has 0 saturated carbocycles. The fourth-order valence-corrected chi connectivity index (χ4v) is 3.34. The van der Waals surface area contributed by atoms with Crippen LogP contribution in [0.5, 0.6) is 5.75 Å². The van der Waals surface area contributed by atoms with E-state index in [4.69, 9.17) is 4.74 Å². The maximum atomic E-state index is 12.5. The van der Waals surface area contributed by atoms with Gasteiger partial charge in [-0.3, -0.25) is 29.4 Å². The highest BCUT2D eigenvalue weighted by Gasteiger charge is 2.36. The van der Waals surface area contributed by atoms with Crippen molar-refractivity contribution in [3.63, 3.8) is 0 Å². The first-order chi connectivity index (χ1) is 13.9. The number of nitrogens with zero attached hydrogens (tertiary/aromatic N) is 2. The fourth-order valence-electron chi connectivity index (χ4n) is 2.50. The molecule has 1 fully saturated rings. The molecule has 0 unspecified atom stereocenters. The van der Waals surface area contributed by atoms with Gasteiger partial charge in [0.2, 0.25) is 5.91 Å². The number of hydrogen-bond acceptors (Lipinski definition) is 7. The molecular weight excluding hydrogens is 398 g/mol. The molecule has 29 heavy (non-hydrogen) atoms. The number of ether oxygens (including phenoxy) is 1. The summed E-state index contributed by atoms with van der Waals surface area (Å²) in [5.74, 6) is -0.484. The number of carbonyl (C=O) groups excluding carboxylic acids is 3. The van der Waals surface area contributed by atoms with Gasteiger partial charge in [-0.25, -0.2) is 0 Å². The van der Waals surface area contributed by atoms with Crippen LogP contribution >= 0.6 is 11.8 Å². The number of benzene rings is 2. The summed E-state index contributed by atoms with van der Waals surface area (Å²) in [5, 5.41) is 12.7. The molecule has 2 aromatic carbocycles. The Morgan fingerprint density at radius 3 is 2.41 bits per heavy atom. The highest BCUT2D eigenvalue weighted by atomic mass is 32.2. The van der Waals surface area contributed by atoms with Crippen LogP contribution in [0.2, 0.25) is 0 Å². The first-order valence-corrected chi connectivity index (χ1v) is 9.13. The predicted octanol–water partition coefficient (Wildman–Crippen LogP) is 3.28. The van der Waals surface area contributed by atoms with E-state index in [1.807, 2.05) is 0 Å². The summed E-state index contributed by atoms with van der Waals surface area (Å²) in [5.41, 5.74) is 0.957. The van der Waals surface area contributed by atoms with Gasteiger partial charge in [-0.2, -0.15) is 0 Å². The lowest BCUT2D eigenvalue weighted by Crippen LogP contribution is -2.36. The van der Waals surface area contributed by atoms with Crippen LogP contribution in [0.1, 0.15) is 5.56 Å². The number of carbonyl (C=O) groups is 3. The third-order valence-corrected chi connectivity index (χ3v) is 4.86. The van der Waals surface area contributed by atoms with E-state index in [1.54, 1.807) is 24.3 Å². The van der Waals surface area contributed by atoms with Gasteiger partial charge in [0.1, 0.15) is 12.3 Å². The summed E-state index contributed by atoms with van der Waals surface area (Å²) in [6.45, 7) is -0.422. The zero-order valence-corrected chi connectivity index (χ0v) is 16.0. The van der Waals surface area contributed by atoms with Crippen LogP contribution in [-0.2, 0) is 9.59 Å². The number of nitro groups is 1. The van der Waals surface area contributed by atoms with Crippen LogP contribution in [-0.4, -0.2) is 40.5 Å². The molecule has 1 saturated heterocycles. The Morgan fingerprint density at radius 2 is 1.83 bits per heavy atom. The van der Waals surface area contributed by atoms with Crippen molar-refractivity contribution in [2.75, 3.05) is 19.0 Å². The topological polar surface area (TPSA) is 119 Å². The smallest absolute Gasteiger partial charge is 0.294 e. The van der Waals surface area contributed by atoms with E-state index in [-0.39, 0.29) is 10.6 Å². The third kappa shape index (κ3) is 4.79. The number of non-ortho nitro benzene ring substituents is 1. The van der Waals surface area contributed by atoms with E-state index < -0.39 is 28.5 Å². The summed E-state index contributed by atoms with van der Waals surface area (Å²) < 4.78 is 5.04. The van der Waals surface area contributed by atoms with Crippen LogP contribution in [0.25, 0.3) is 6.08 Å². The zero-order chi connectivity index (χ0) is 21.0. The minimum absolute atomic E-state index is 0.0783. The van der Waals surface area contributed by atoms with Crippen LogP contribution in [0.4, 0.5) is 16.2 Å². The molecule has 0 aromatic heterocycles. The molecule has 1 N–H and O–H groups in total. The molecule has 3 rings (SSSR count). The lowest BCUT2D eigenvalue weighted by Gasteiger charge is -2.12. The van der Waals surface area contributed by atoms with Crippen molar-refractivity contribution in [3.05, 3.63) is 69.1 Å². The summed E-state index contributed by atoms with van der Waals surface area (Å²) in [6, 6.07) is 12.2. The highest BCUT2D eigenvalue weighted by molar-refractivity contribution is 8.18. The van der Waals surface area contributed by atoms with Crippen molar-refractivity contribution < 1.29 is 24.0 Å². The number of nitrogens with one attached hydrogen (secondary N) is 1. The predicted molar refractivity (Wildman–Crippen MR) is 107 cm³/mol. The maximum Gasteiger partial charge on any atom is 0.294 e. The van der Waals surface area contributed by atoms with Crippen LogP contribution in [0, 0.1) is 10.1 Å². The number of methoxy groups -OCH3 is 1. The molecule has 0 spiro atoms. The molecule has 0 aliphatic carbocycles. The summed E-state index contributed by atoms with van der Waals surface area (Å²) in [7, 11) is 1.53. The lowest BCUT2D eigenvalue weighted by atomic mass is 10.2. The molecule has 1 aliphatic heterocycles. The van der Waals surface area contributed by atoms with Crippen LogP contribution in [0.15, 0.2) is 53.4 Å². The molecule has 2 aromatic rings. The van der Waals surface area contributed by atoms with Gasteiger partial charge in [-0.15, -0.1) is 0 Å². The Balaban J connectivity index is 1.66. The number of imide groups is 1. The van der Waals surface area contributed by atoms with Gasteiger partial charge in [0.15, 0.2) is 0 Å². The Hall–Kier alpha value is -3.66. The first kappa shape index (κ1) is 20.1. The minimum Gasteiger partial charge on any atom is -0.497 e. The van der Waals surface area contributed by atoms with Gasteiger partial charge in [0, 0.05) is 17.8 Å². The average molecular weight is 413 g/mol. The molecule has 3 amide bonds. The van der Waals surface area contributed by atoms with Crippen molar-refractivity contribution >= 4 is 46.3 Å². The molecule has 0 radical (unpaired) electrons. The second-order valence-corrected chi connectivity index (χ2v) is 6.89. The molecule has 1 heterocycles. The maximum absolute atomic E-state index is 12.5. The number of hydrogen-bond donors (Lipinski definition) is 1. The number of nitro benzene ring substituents is 1. The standard InChI is InChI=1S/C19H15N3O6S/c1-28-15-8-4-13(5-9-15)20-17(23)11-21-18(24)16(29-19(21)25)10-12-2-6-14(7-3-12)22(26)27/h2-10H,11H2,1H3,(H,20,23)/b16-10+. The number of anilines is 1. The summed E-state index contributed by atoms with van der Waals surface area (Å²) in [4.78, 5) is 48.0. The van der Waals surface area contributed by atoms with Gasteiger partial charge in [0.05, 0.1) is 16.9 Å². The van der Waals surface area contributed by atoms with Crippen molar-refractivity contribution in [1.82, 2.24) is 4.90 Å². The molecular formula is C19H15N3O6S. The van der Waals surface area contributed by atoms with Crippen LogP contribution in [0.3, 0.4) is 0 Å². The highest BCUT2D eigenvalue weighted by Crippen LogP contribution is 2.32. The first-order valence-electron chi connectivity index (χ1n) is 8.31. The van der Waals surface area contributed by atoms with E-state index in [1.165, 1.54) is 37.5 Å². The SMILES string of the molecule is COc1ccc(NC(=O)CN2C(=O)S/C(=C/c3ccc([N+](=O)[O-])cc3)C2=O)cc1. The average Bonchev–Trinajstić information content (AvgIpc) is 2.96. The van der Waals surface area contributed by atoms with E-state index in [0.717, 1.165) is 4.90 Å². The van der Waals surface area contributed by atoms with E-state index >= 15 is 0 Å². The van der Waals surface area contributed by atoms with Gasteiger partial charge in [-0.1, -0.05) is 0 Å². The fraction of sp³-hybridized carbons (Fsp3) is 0.105. The number of amides is 3. The molecule has 148 valence electrons. The molecule has 0 atom stereocenters. The summed E-state index contributed by atoms with van der Waals surface area (Å²) >= 11 is 0.708. The second-order valence-electron chi connectivity index (χ2n) is 5.89. The van der Waals surface area contributed by atoms with E-state index in [2.05, 4.69) is 5.32 Å². The minimum atomic E-state index is -0.594. The zero-order valence-electron chi connectivity index (χ0n) is 15.2. The third-order valence-electron chi connectivity index (χ3n) is 3.95. The Bertz CT molecular complexity index is 1000.